The highest BCUT2D eigenvalue weighted by molar-refractivity contribution is 7.15. The van der Waals surface area contributed by atoms with E-state index in [0.29, 0.717) is 11.0 Å². The topological polar surface area (TPSA) is 64.1 Å². The van der Waals surface area contributed by atoms with E-state index in [1.807, 2.05) is 0 Å². The minimum atomic E-state index is -0.460. The maximum atomic E-state index is 12.9. The lowest BCUT2D eigenvalue weighted by molar-refractivity contribution is -0.118. The molecule has 2 aromatic rings. The fraction of sp³-hybridized carbons (Fsp3) is 0.308. The molecule has 21 heavy (non-hydrogen) atoms. The van der Waals surface area contributed by atoms with Crippen molar-refractivity contribution >= 4 is 34.0 Å². The molecule has 0 bridgehead atoms. The molecule has 1 heterocycles. The van der Waals surface area contributed by atoms with Gasteiger partial charge in [-0.1, -0.05) is 22.9 Å². The monoisotopic (exact) mass is 327 g/mol. The highest BCUT2D eigenvalue weighted by atomic mass is 35.5. The Hall–Kier alpha value is -1.73. The number of nitrogens with zero attached hydrogens (tertiary/aromatic N) is 2. The molecule has 1 amide bonds. The van der Waals surface area contributed by atoms with Gasteiger partial charge in [-0.3, -0.25) is 10.1 Å². The second-order valence-corrected chi connectivity index (χ2v) is 6.05. The summed E-state index contributed by atoms with van der Waals surface area (Å²) in [6.45, 7) is -0.232. The van der Waals surface area contributed by atoms with E-state index in [9.17, 15) is 9.18 Å². The van der Waals surface area contributed by atoms with Crippen LogP contribution in [0.4, 0.5) is 9.52 Å². The highest BCUT2D eigenvalue weighted by Gasteiger charge is 2.27. The molecule has 0 radical (unpaired) electrons. The Morgan fingerprint density at radius 2 is 2.29 bits per heavy atom. The first-order chi connectivity index (χ1) is 10.1. The number of carbonyl (C=O) groups excluding carboxylic acids is 1. The van der Waals surface area contributed by atoms with Crippen molar-refractivity contribution in [3.8, 4) is 5.75 Å². The van der Waals surface area contributed by atoms with E-state index in [1.165, 1.54) is 23.5 Å². The largest absolute Gasteiger partial charge is 0.482 e. The molecule has 0 unspecified atom stereocenters. The molecule has 1 fully saturated rings. The van der Waals surface area contributed by atoms with Crippen molar-refractivity contribution in [2.75, 3.05) is 11.9 Å². The van der Waals surface area contributed by atoms with Crippen molar-refractivity contribution in [2.45, 2.75) is 18.8 Å². The van der Waals surface area contributed by atoms with E-state index in [2.05, 4.69) is 15.5 Å². The predicted octanol–water partition coefficient (Wildman–Crippen LogP) is 3.23. The quantitative estimate of drug-likeness (QED) is 0.915. The Morgan fingerprint density at radius 3 is 3.00 bits per heavy atom. The summed E-state index contributed by atoms with van der Waals surface area (Å²) >= 11 is 7.17. The Bertz CT molecular complexity index is 675. The van der Waals surface area contributed by atoms with Gasteiger partial charge in [-0.05, 0) is 31.0 Å². The summed E-state index contributed by atoms with van der Waals surface area (Å²) in [6, 6.07) is 3.72. The maximum Gasteiger partial charge on any atom is 0.264 e. The van der Waals surface area contributed by atoms with Crippen molar-refractivity contribution in [1.82, 2.24) is 10.2 Å². The van der Waals surface area contributed by atoms with Crippen LogP contribution in [0.2, 0.25) is 5.02 Å². The summed E-state index contributed by atoms with van der Waals surface area (Å²) in [5.74, 6) is -0.0706. The number of rotatable bonds is 5. The highest BCUT2D eigenvalue weighted by Crippen LogP contribution is 2.42. The van der Waals surface area contributed by atoms with Gasteiger partial charge in [0.05, 0.1) is 5.02 Å². The zero-order valence-electron chi connectivity index (χ0n) is 10.8. The van der Waals surface area contributed by atoms with E-state index in [-0.39, 0.29) is 23.3 Å². The van der Waals surface area contributed by atoms with Crippen LogP contribution in [0.3, 0.4) is 0 Å². The summed E-state index contributed by atoms with van der Waals surface area (Å²) < 4.78 is 18.1. The van der Waals surface area contributed by atoms with Gasteiger partial charge in [0.15, 0.2) is 6.61 Å². The maximum absolute atomic E-state index is 12.9. The van der Waals surface area contributed by atoms with Gasteiger partial charge in [0.1, 0.15) is 16.6 Å². The smallest absolute Gasteiger partial charge is 0.264 e. The number of carbonyl (C=O) groups is 1. The number of halogens is 2. The number of amides is 1. The second-order valence-electron chi connectivity index (χ2n) is 4.63. The van der Waals surface area contributed by atoms with Gasteiger partial charge in [0.25, 0.3) is 5.91 Å². The van der Waals surface area contributed by atoms with E-state index >= 15 is 0 Å². The molecule has 1 aliphatic rings. The number of anilines is 1. The normalized spacial score (nSPS) is 14.0. The van der Waals surface area contributed by atoms with Crippen molar-refractivity contribution in [3.05, 3.63) is 34.0 Å². The van der Waals surface area contributed by atoms with Gasteiger partial charge in [-0.2, -0.15) is 0 Å². The van der Waals surface area contributed by atoms with Gasteiger partial charge in [-0.15, -0.1) is 10.2 Å². The molecule has 0 aliphatic heterocycles. The molecule has 0 saturated heterocycles. The van der Waals surface area contributed by atoms with Crippen LogP contribution >= 0.6 is 22.9 Å². The van der Waals surface area contributed by atoms with Crippen molar-refractivity contribution in [1.29, 1.82) is 0 Å². The summed E-state index contributed by atoms with van der Waals surface area (Å²) in [6.07, 6.45) is 2.27. The fourth-order valence-electron chi connectivity index (χ4n) is 1.67. The first-order valence-electron chi connectivity index (χ1n) is 6.33. The van der Waals surface area contributed by atoms with Gasteiger partial charge in [-0.25, -0.2) is 4.39 Å². The van der Waals surface area contributed by atoms with Gasteiger partial charge in [0, 0.05) is 5.92 Å². The van der Waals surface area contributed by atoms with Crippen LogP contribution in [0, 0.1) is 5.82 Å². The van der Waals surface area contributed by atoms with E-state index in [0.717, 1.165) is 23.9 Å². The van der Waals surface area contributed by atoms with Crippen LogP contribution in [0.15, 0.2) is 18.2 Å². The third-order valence-electron chi connectivity index (χ3n) is 2.87. The number of nitrogens with one attached hydrogen (secondary N) is 1. The number of aromatic nitrogens is 2. The zero-order valence-corrected chi connectivity index (χ0v) is 12.4. The molecule has 3 rings (SSSR count). The van der Waals surface area contributed by atoms with Gasteiger partial charge >= 0.3 is 0 Å². The molecule has 1 aromatic heterocycles. The molecular weight excluding hydrogens is 317 g/mol. The number of ether oxygens (including phenoxy) is 1. The first kappa shape index (κ1) is 14.2. The molecule has 0 spiro atoms. The zero-order chi connectivity index (χ0) is 14.8. The minimum absolute atomic E-state index is 0.120. The molecule has 1 aromatic carbocycles. The van der Waals surface area contributed by atoms with Crippen LogP contribution < -0.4 is 10.1 Å². The number of hydrogen-bond acceptors (Lipinski definition) is 5. The average molecular weight is 328 g/mol. The summed E-state index contributed by atoms with van der Waals surface area (Å²) in [5, 5.41) is 12.1. The summed E-state index contributed by atoms with van der Waals surface area (Å²) in [4.78, 5) is 11.7. The second kappa shape index (κ2) is 5.95. The van der Waals surface area contributed by atoms with Crippen molar-refractivity contribution in [2.24, 2.45) is 0 Å². The third kappa shape index (κ3) is 3.68. The van der Waals surface area contributed by atoms with Crippen molar-refractivity contribution in [3.63, 3.8) is 0 Å². The van der Waals surface area contributed by atoms with Crippen LogP contribution in [0.1, 0.15) is 23.8 Å². The molecule has 5 nitrogen and oxygen atoms in total. The lowest BCUT2D eigenvalue weighted by Gasteiger charge is -2.07. The van der Waals surface area contributed by atoms with Gasteiger partial charge < -0.3 is 4.74 Å². The Labute approximate surface area is 129 Å². The molecule has 1 aliphatic carbocycles. The summed E-state index contributed by atoms with van der Waals surface area (Å²) in [7, 11) is 0. The van der Waals surface area contributed by atoms with Gasteiger partial charge in [0.2, 0.25) is 5.13 Å². The molecule has 1 saturated carbocycles. The average Bonchev–Trinajstić information content (AvgIpc) is 3.19. The van der Waals surface area contributed by atoms with E-state index in [1.54, 1.807) is 0 Å². The Morgan fingerprint density at radius 1 is 1.48 bits per heavy atom. The predicted molar refractivity (Wildman–Crippen MR) is 77.4 cm³/mol. The molecule has 110 valence electrons. The first-order valence-corrected chi connectivity index (χ1v) is 7.52. The minimum Gasteiger partial charge on any atom is -0.482 e. The van der Waals surface area contributed by atoms with Crippen molar-refractivity contribution < 1.29 is 13.9 Å². The SMILES string of the molecule is O=C(COc1ccc(F)cc1Cl)Nc1nnc(C2CC2)s1. The van der Waals surface area contributed by atoms with Crippen LogP contribution in [-0.4, -0.2) is 22.7 Å². The number of hydrogen-bond donors (Lipinski definition) is 1. The lowest BCUT2D eigenvalue weighted by Crippen LogP contribution is -2.20. The number of benzene rings is 1. The summed E-state index contributed by atoms with van der Waals surface area (Å²) in [5.41, 5.74) is 0. The lowest BCUT2D eigenvalue weighted by atomic mass is 10.3. The fourth-order valence-corrected chi connectivity index (χ4v) is 2.82. The van der Waals surface area contributed by atoms with Crippen LogP contribution in [0.25, 0.3) is 0 Å². The Balaban J connectivity index is 1.53. The third-order valence-corrected chi connectivity index (χ3v) is 4.16. The Kier molecular flexibility index (Phi) is 4.03. The van der Waals surface area contributed by atoms with Crippen LogP contribution in [-0.2, 0) is 4.79 Å². The standard InChI is InChI=1S/C13H11ClFN3O2S/c14-9-5-8(15)3-4-10(9)20-6-11(19)16-13-18-17-12(21-13)7-1-2-7/h3-5,7H,1-2,6H2,(H,16,18,19). The molecule has 0 atom stereocenters. The van der Waals surface area contributed by atoms with E-state index in [4.69, 9.17) is 16.3 Å². The van der Waals surface area contributed by atoms with Crippen LogP contribution in [0.5, 0.6) is 5.75 Å². The molecule has 8 heteroatoms. The molecule has 1 N–H and O–H groups in total. The molecular formula is C13H11ClFN3O2S. The van der Waals surface area contributed by atoms with E-state index < -0.39 is 5.82 Å².